The normalized spacial score (nSPS) is 13.1. The number of carbonyl (C=O) groups is 4. The highest BCUT2D eigenvalue weighted by atomic mass is 16.2. The fourth-order valence-corrected chi connectivity index (χ4v) is 5.94. The van der Waals surface area contributed by atoms with Gasteiger partial charge in [-0.2, -0.15) is 0 Å². The lowest BCUT2D eigenvalue weighted by Crippen LogP contribution is -2.53. The van der Waals surface area contributed by atoms with Crippen LogP contribution in [-0.2, 0) is 22.4 Å². The fourth-order valence-electron chi connectivity index (χ4n) is 5.94. The number of benzene rings is 3. The Balaban J connectivity index is 1.36. The van der Waals surface area contributed by atoms with Gasteiger partial charge >= 0.3 is 0 Å². The molecule has 0 bridgehead atoms. The number of aromatic amines is 1. The van der Waals surface area contributed by atoms with Gasteiger partial charge in [0.2, 0.25) is 5.91 Å². The van der Waals surface area contributed by atoms with Crippen LogP contribution in [-0.4, -0.2) is 59.7 Å². The van der Waals surface area contributed by atoms with Gasteiger partial charge in [0.25, 0.3) is 11.8 Å². The van der Waals surface area contributed by atoms with Crippen molar-refractivity contribution in [2.24, 2.45) is 5.92 Å². The number of aromatic nitrogens is 1. The van der Waals surface area contributed by atoms with Gasteiger partial charge in [0.15, 0.2) is 5.78 Å². The van der Waals surface area contributed by atoms with Crippen LogP contribution in [0.25, 0.3) is 10.9 Å². The predicted octanol–water partition coefficient (Wildman–Crippen LogP) is 5.67. The van der Waals surface area contributed by atoms with Gasteiger partial charge in [0.05, 0.1) is 12.1 Å². The monoisotopic (exact) mass is 665 g/mol. The van der Waals surface area contributed by atoms with Gasteiger partial charge in [-0.3, -0.25) is 19.2 Å². The van der Waals surface area contributed by atoms with E-state index in [1.165, 1.54) is 5.56 Å². The van der Waals surface area contributed by atoms with Crippen LogP contribution >= 0.6 is 0 Å². The number of ketones is 1. The van der Waals surface area contributed by atoms with Crippen LogP contribution in [0.2, 0.25) is 0 Å². The topological polar surface area (TPSA) is 132 Å². The van der Waals surface area contributed by atoms with Crippen molar-refractivity contribution in [3.05, 3.63) is 107 Å². The molecule has 0 spiro atoms. The summed E-state index contributed by atoms with van der Waals surface area (Å²) < 4.78 is 0. The van der Waals surface area contributed by atoms with E-state index in [2.05, 4.69) is 45.3 Å². The number of H-pyrrole nitrogens is 1. The summed E-state index contributed by atoms with van der Waals surface area (Å²) in [5.74, 6) is -0.794. The highest BCUT2D eigenvalue weighted by Gasteiger charge is 2.26. The molecule has 0 radical (unpaired) electrons. The van der Waals surface area contributed by atoms with Crippen LogP contribution in [0.15, 0.2) is 79.0 Å². The number of hydrogen-bond donors (Lipinski definition) is 5. The molecule has 0 saturated carbocycles. The molecule has 3 amide bonds. The number of para-hydroxylation sites is 1. The SMILES string of the molecule is CCCCC(=O)[C@@H](NC(=O)[C@H](C)NC[C@H](Cc1ccccc1)NC(=O)c1cccc(C(=O)NCCc2c[nH]c3c(C)cccc23)c1)C(C)C. The Hall–Kier alpha value is -4.76. The Bertz CT molecular complexity index is 1710. The smallest absolute Gasteiger partial charge is 0.251 e. The molecular weight excluding hydrogens is 614 g/mol. The number of hydrogen-bond acceptors (Lipinski definition) is 5. The summed E-state index contributed by atoms with van der Waals surface area (Å²) in [6.07, 6.45) is 5.35. The molecule has 49 heavy (non-hydrogen) atoms. The summed E-state index contributed by atoms with van der Waals surface area (Å²) >= 11 is 0. The molecule has 0 aliphatic rings. The number of unbranched alkanes of at least 4 members (excludes halogenated alkanes) is 1. The summed E-state index contributed by atoms with van der Waals surface area (Å²) in [5.41, 5.74) is 5.22. The van der Waals surface area contributed by atoms with Crippen molar-refractivity contribution in [2.45, 2.75) is 84.8 Å². The molecule has 0 aliphatic heterocycles. The Labute approximate surface area is 290 Å². The Morgan fingerprint density at radius 3 is 2.27 bits per heavy atom. The summed E-state index contributed by atoms with van der Waals surface area (Å²) in [4.78, 5) is 55.7. The van der Waals surface area contributed by atoms with Gasteiger partial charge < -0.3 is 26.3 Å². The van der Waals surface area contributed by atoms with E-state index in [1.54, 1.807) is 31.2 Å². The zero-order valence-electron chi connectivity index (χ0n) is 29.4. The highest BCUT2D eigenvalue weighted by molar-refractivity contribution is 6.00. The van der Waals surface area contributed by atoms with E-state index in [9.17, 15) is 19.2 Å². The molecule has 3 aromatic carbocycles. The third-order valence-corrected chi connectivity index (χ3v) is 8.89. The zero-order valence-corrected chi connectivity index (χ0v) is 29.4. The van der Waals surface area contributed by atoms with Crippen molar-refractivity contribution in [1.29, 1.82) is 0 Å². The molecule has 0 fully saturated rings. The molecular formula is C40H51N5O4. The molecule has 5 N–H and O–H groups in total. The van der Waals surface area contributed by atoms with Gasteiger partial charge in [-0.1, -0.05) is 81.8 Å². The van der Waals surface area contributed by atoms with E-state index in [0.717, 1.165) is 34.9 Å². The number of aryl methyl sites for hydroxylation is 1. The summed E-state index contributed by atoms with van der Waals surface area (Å²) in [6, 6.07) is 21.2. The minimum Gasteiger partial charge on any atom is -0.361 e. The van der Waals surface area contributed by atoms with E-state index >= 15 is 0 Å². The average Bonchev–Trinajstić information content (AvgIpc) is 3.52. The maximum Gasteiger partial charge on any atom is 0.251 e. The zero-order chi connectivity index (χ0) is 35.3. The third-order valence-electron chi connectivity index (χ3n) is 8.89. The highest BCUT2D eigenvalue weighted by Crippen LogP contribution is 2.21. The second kappa shape index (κ2) is 18.1. The first kappa shape index (κ1) is 37.1. The van der Waals surface area contributed by atoms with E-state index < -0.39 is 12.1 Å². The first-order valence-electron chi connectivity index (χ1n) is 17.4. The van der Waals surface area contributed by atoms with Crippen molar-refractivity contribution >= 4 is 34.4 Å². The molecule has 0 aliphatic carbocycles. The van der Waals surface area contributed by atoms with Crippen LogP contribution in [0.5, 0.6) is 0 Å². The molecule has 1 heterocycles. The molecule has 9 nitrogen and oxygen atoms in total. The number of fused-ring (bicyclic) bond motifs is 1. The number of carbonyl (C=O) groups excluding carboxylic acids is 4. The Kier molecular flexibility index (Phi) is 13.7. The second-order valence-corrected chi connectivity index (χ2v) is 13.2. The summed E-state index contributed by atoms with van der Waals surface area (Å²) in [7, 11) is 0. The molecule has 9 heteroatoms. The van der Waals surface area contributed by atoms with E-state index in [4.69, 9.17) is 0 Å². The maximum atomic E-state index is 13.5. The molecule has 1 aromatic heterocycles. The van der Waals surface area contributed by atoms with Crippen LogP contribution in [0, 0.1) is 12.8 Å². The number of nitrogens with one attached hydrogen (secondary N) is 5. The predicted molar refractivity (Wildman–Crippen MR) is 196 cm³/mol. The maximum absolute atomic E-state index is 13.5. The largest absolute Gasteiger partial charge is 0.361 e. The fraction of sp³-hybridized carbons (Fsp3) is 0.400. The standard InChI is InChI=1S/C40H51N5O4/c1-6-7-19-35(46)36(26(2)3)45-38(47)28(5)42-25-33(22-29-14-9-8-10-15-29)44-40(49)31-17-12-16-30(23-31)39(48)41-21-20-32-24-43-37-27(4)13-11-18-34(32)37/h8-18,23-24,26,28,33,36,42-43H,6-7,19-22,25H2,1-5H3,(H,41,48)(H,44,49)(H,45,47)/t28-,33-,36-/m0/s1. The first-order valence-corrected chi connectivity index (χ1v) is 17.4. The molecule has 0 saturated heterocycles. The molecule has 3 atom stereocenters. The summed E-state index contributed by atoms with van der Waals surface area (Å²) in [5, 5.41) is 13.4. The molecule has 260 valence electrons. The minimum atomic E-state index is -0.587. The van der Waals surface area contributed by atoms with E-state index in [-0.39, 0.29) is 35.5 Å². The van der Waals surface area contributed by atoms with Gasteiger partial charge in [-0.25, -0.2) is 0 Å². The van der Waals surface area contributed by atoms with Crippen molar-refractivity contribution in [1.82, 2.24) is 26.3 Å². The van der Waals surface area contributed by atoms with E-state index in [0.29, 0.717) is 43.5 Å². The van der Waals surface area contributed by atoms with Crippen LogP contribution < -0.4 is 21.3 Å². The van der Waals surface area contributed by atoms with Crippen molar-refractivity contribution < 1.29 is 19.2 Å². The van der Waals surface area contributed by atoms with E-state index in [1.807, 2.05) is 63.4 Å². The minimum absolute atomic E-state index is 0.0210. The third kappa shape index (κ3) is 10.6. The lowest BCUT2D eigenvalue weighted by atomic mass is 9.96. The lowest BCUT2D eigenvalue weighted by molar-refractivity contribution is -0.129. The van der Waals surface area contributed by atoms with Gasteiger partial charge in [-0.15, -0.1) is 0 Å². The molecule has 4 rings (SSSR count). The van der Waals surface area contributed by atoms with Crippen LogP contribution in [0.4, 0.5) is 0 Å². The molecule has 0 unspecified atom stereocenters. The number of amides is 3. The lowest BCUT2D eigenvalue weighted by Gasteiger charge is -2.25. The van der Waals surface area contributed by atoms with Gasteiger partial charge in [-0.05, 0) is 73.9 Å². The first-order chi connectivity index (χ1) is 23.6. The van der Waals surface area contributed by atoms with Crippen molar-refractivity contribution in [2.75, 3.05) is 13.1 Å². The Morgan fingerprint density at radius 1 is 0.837 bits per heavy atom. The number of Topliss-reactive ketones (excluding diaryl/α,β-unsaturated/α-hetero) is 1. The quantitative estimate of drug-likeness (QED) is 0.0935. The average molecular weight is 666 g/mol. The summed E-state index contributed by atoms with van der Waals surface area (Å²) in [6.45, 7) is 10.5. The van der Waals surface area contributed by atoms with Crippen LogP contribution in [0.3, 0.4) is 0 Å². The number of rotatable bonds is 18. The molecule has 4 aromatic rings. The van der Waals surface area contributed by atoms with Crippen molar-refractivity contribution in [3.8, 4) is 0 Å². The Morgan fingerprint density at radius 2 is 1.55 bits per heavy atom. The van der Waals surface area contributed by atoms with Gasteiger partial charge in [0, 0.05) is 53.8 Å². The van der Waals surface area contributed by atoms with Crippen LogP contribution in [0.1, 0.15) is 84.4 Å². The van der Waals surface area contributed by atoms with Crippen molar-refractivity contribution in [3.63, 3.8) is 0 Å². The second-order valence-electron chi connectivity index (χ2n) is 13.2. The van der Waals surface area contributed by atoms with Gasteiger partial charge in [0.1, 0.15) is 0 Å².